The average Bonchev–Trinajstić information content (AvgIpc) is 2.88. The van der Waals surface area contributed by atoms with Crippen LogP contribution >= 0.6 is 11.6 Å². The van der Waals surface area contributed by atoms with Crippen LogP contribution in [0.2, 0.25) is 5.02 Å². The number of pyridine rings is 1. The van der Waals surface area contributed by atoms with Crippen molar-refractivity contribution in [2.45, 2.75) is 6.54 Å². The molecule has 20 heavy (non-hydrogen) atoms. The standard InChI is InChI=1S/C15H13ClN4/c16-13-6-4-12(5-7-13)9-17-18-10-14-11-20-8-2-1-3-15(20)19-14/h1-9,11,18H,10H2/b17-9+. The maximum absolute atomic E-state index is 5.82. The minimum Gasteiger partial charge on any atom is -0.307 e. The van der Waals surface area contributed by atoms with Gasteiger partial charge in [-0.1, -0.05) is 29.8 Å². The Labute approximate surface area is 121 Å². The summed E-state index contributed by atoms with van der Waals surface area (Å²) in [6, 6.07) is 13.4. The fourth-order valence-electron chi connectivity index (χ4n) is 1.87. The lowest BCUT2D eigenvalue weighted by Gasteiger charge is -1.96. The summed E-state index contributed by atoms with van der Waals surface area (Å²) in [6.45, 7) is 0.589. The van der Waals surface area contributed by atoms with E-state index >= 15 is 0 Å². The first-order valence-corrected chi connectivity index (χ1v) is 6.63. The number of aromatic nitrogens is 2. The van der Waals surface area contributed by atoms with E-state index in [1.165, 1.54) is 0 Å². The summed E-state index contributed by atoms with van der Waals surface area (Å²) in [6.07, 6.45) is 5.72. The molecule has 0 atom stereocenters. The number of nitrogens with one attached hydrogen (secondary N) is 1. The molecule has 5 heteroatoms. The number of halogens is 1. The van der Waals surface area contributed by atoms with Crippen molar-refractivity contribution in [2.75, 3.05) is 0 Å². The Morgan fingerprint density at radius 1 is 1.20 bits per heavy atom. The predicted molar refractivity (Wildman–Crippen MR) is 81.1 cm³/mol. The van der Waals surface area contributed by atoms with Crippen LogP contribution in [0.15, 0.2) is 60.0 Å². The van der Waals surface area contributed by atoms with Crippen LogP contribution in [0.25, 0.3) is 5.65 Å². The van der Waals surface area contributed by atoms with Gasteiger partial charge in [0.2, 0.25) is 0 Å². The molecule has 0 bridgehead atoms. The van der Waals surface area contributed by atoms with Crippen molar-refractivity contribution in [2.24, 2.45) is 5.10 Å². The Morgan fingerprint density at radius 3 is 2.85 bits per heavy atom. The van der Waals surface area contributed by atoms with Gasteiger partial charge in [-0.15, -0.1) is 0 Å². The number of nitrogens with zero attached hydrogens (tertiary/aromatic N) is 3. The molecule has 0 spiro atoms. The van der Waals surface area contributed by atoms with Crippen molar-refractivity contribution in [1.29, 1.82) is 0 Å². The molecular formula is C15H13ClN4. The summed E-state index contributed by atoms with van der Waals surface area (Å²) < 4.78 is 1.99. The maximum Gasteiger partial charge on any atom is 0.137 e. The van der Waals surface area contributed by atoms with Crippen LogP contribution in [0.3, 0.4) is 0 Å². The van der Waals surface area contributed by atoms with Crippen molar-refractivity contribution < 1.29 is 0 Å². The number of fused-ring (bicyclic) bond motifs is 1. The van der Waals surface area contributed by atoms with Gasteiger partial charge in [-0.2, -0.15) is 5.10 Å². The molecule has 2 aromatic heterocycles. The molecule has 0 aliphatic rings. The first kappa shape index (κ1) is 12.7. The number of hydrazone groups is 1. The second-order valence-corrected chi connectivity index (χ2v) is 4.78. The Bertz CT molecular complexity index is 698. The molecule has 0 aliphatic carbocycles. The van der Waals surface area contributed by atoms with Crippen LogP contribution in [0.4, 0.5) is 0 Å². The predicted octanol–water partition coefficient (Wildman–Crippen LogP) is 3.11. The summed E-state index contributed by atoms with van der Waals surface area (Å²) in [5.41, 5.74) is 5.87. The molecule has 0 amide bonds. The fourth-order valence-corrected chi connectivity index (χ4v) is 1.99. The summed E-state index contributed by atoms with van der Waals surface area (Å²) in [5.74, 6) is 0. The molecule has 100 valence electrons. The number of imidazole rings is 1. The summed E-state index contributed by atoms with van der Waals surface area (Å²) in [4.78, 5) is 4.48. The number of hydrogen-bond donors (Lipinski definition) is 1. The normalized spacial score (nSPS) is 11.2. The van der Waals surface area contributed by atoms with E-state index in [4.69, 9.17) is 11.6 Å². The van der Waals surface area contributed by atoms with E-state index in [1.54, 1.807) is 6.21 Å². The van der Waals surface area contributed by atoms with Crippen LogP contribution < -0.4 is 5.43 Å². The smallest absolute Gasteiger partial charge is 0.137 e. The molecule has 4 nitrogen and oxygen atoms in total. The third kappa shape index (κ3) is 2.97. The van der Waals surface area contributed by atoms with Crippen LogP contribution in [-0.2, 0) is 6.54 Å². The van der Waals surface area contributed by atoms with Gasteiger partial charge in [-0.25, -0.2) is 4.98 Å². The highest BCUT2D eigenvalue weighted by atomic mass is 35.5. The zero-order chi connectivity index (χ0) is 13.8. The third-order valence-electron chi connectivity index (χ3n) is 2.85. The zero-order valence-electron chi connectivity index (χ0n) is 10.7. The van der Waals surface area contributed by atoms with Crippen molar-refractivity contribution in [1.82, 2.24) is 14.8 Å². The van der Waals surface area contributed by atoms with E-state index in [1.807, 2.05) is 59.3 Å². The Kier molecular flexibility index (Phi) is 3.65. The first-order valence-electron chi connectivity index (χ1n) is 6.25. The van der Waals surface area contributed by atoms with E-state index in [0.717, 1.165) is 21.9 Å². The summed E-state index contributed by atoms with van der Waals surface area (Å²) in [7, 11) is 0. The van der Waals surface area contributed by atoms with Gasteiger partial charge in [0.1, 0.15) is 5.65 Å². The molecular weight excluding hydrogens is 272 g/mol. The Morgan fingerprint density at radius 2 is 2.05 bits per heavy atom. The average molecular weight is 285 g/mol. The highest BCUT2D eigenvalue weighted by Gasteiger charge is 1.98. The highest BCUT2D eigenvalue weighted by molar-refractivity contribution is 6.30. The van der Waals surface area contributed by atoms with Gasteiger partial charge in [0.25, 0.3) is 0 Å². The Hall–Kier alpha value is -2.33. The molecule has 0 fully saturated rings. The number of hydrogen-bond acceptors (Lipinski definition) is 3. The minimum absolute atomic E-state index is 0.589. The van der Waals surface area contributed by atoms with Crippen molar-refractivity contribution in [3.05, 3.63) is 71.1 Å². The molecule has 2 heterocycles. The van der Waals surface area contributed by atoms with Gasteiger partial charge < -0.3 is 9.83 Å². The monoisotopic (exact) mass is 284 g/mol. The van der Waals surface area contributed by atoms with Gasteiger partial charge >= 0.3 is 0 Å². The van der Waals surface area contributed by atoms with Crippen molar-refractivity contribution in [3.8, 4) is 0 Å². The first-order chi connectivity index (χ1) is 9.81. The lowest BCUT2D eigenvalue weighted by molar-refractivity contribution is 0.734. The summed E-state index contributed by atoms with van der Waals surface area (Å²) in [5, 5.41) is 4.89. The van der Waals surface area contributed by atoms with Gasteiger partial charge in [0.15, 0.2) is 0 Å². The maximum atomic E-state index is 5.82. The fraction of sp³-hybridized carbons (Fsp3) is 0.0667. The van der Waals surface area contributed by atoms with Crippen LogP contribution in [0, 0.1) is 0 Å². The van der Waals surface area contributed by atoms with Crippen LogP contribution in [0.1, 0.15) is 11.3 Å². The van der Waals surface area contributed by atoms with Crippen LogP contribution in [-0.4, -0.2) is 15.6 Å². The third-order valence-corrected chi connectivity index (χ3v) is 3.10. The molecule has 1 N–H and O–H groups in total. The molecule has 0 saturated carbocycles. The van der Waals surface area contributed by atoms with E-state index in [9.17, 15) is 0 Å². The number of benzene rings is 1. The lowest BCUT2D eigenvalue weighted by atomic mass is 10.2. The van der Waals surface area contributed by atoms with Gasteiger partial charge in [-0.05, 0) is 29.8 Å². The molecule has 0 saturated heterocycles. The SMILES string of the molecule is Clc1ccc(/C=N/NCc2cn3ccccc3n2)cc1. The van der Waals surface area contributed by atoms with Gasteiger partial charge in [0.05, 0.1) is 18.5 Å². The highest BCUT2D eigenvalue weighted by Crippen LogP contribution is 2.08. The van der Waals surface area contributed by atoms with Crippen molar-refractivity contribution >= 4 is 23.5 Å². The van der Waals surface area contributed by atoms with E-state index < -0.39 is 0 Å². The molecule has 1 aromatic carbocycles. The Balaban J connectivity index is 1.60. The zero-order valence-corrected chi connectivity index (χ0v) is 11.5. The van der Waals surface area contributed by atoms with E-state index in [-0.39, 0.29) is 0 Å². The molecule has 0 aliphatic heterocycles. The topological polar surface area (TPSA) is 41.7 Å². The van der Waals surface area contributed by atoms with E-state index in [2.05, 4.69) is 15.5 Å². The largest absolute Gasteiger partial charge is 0.307 e. The van der Waals surface area contributed by atoms with Gasteiger partial charge in [-0.3, -0.25) is 0 Å². The molecule has 3 rings (SSSR count). The minimum atomic E-state index is 0.589. The quantitative estimate of drug-likeness (QED) is 0.591. The van der Waals surface area contributed by atoms with Gasteiger partial charge in [0, 0.05) is 17.4 Å². The second kappa shape index (κ2) is 5.75. The van der Waals surface area contributed by atoms with E-state index in [0.29, 0.717) is 6.54 Å². The van der Waals surface area contributed by atoms with Crippen molar-refractivity contribution in [3.63, 3.8) is 0 Å². The summed E-state index contributed by atoms with van der Waals surface area (Å²) >= 11 is 5.82. The number of rotatable bonds is 4. The molecule has 0 radical (unpaired) electrons. The molecule has 3 aromatic rings. The lowest BCUT2D eigenvalue weighted by Crippen LogP contribution is -2.05. The molecule has 0 unspecified atom stereocenters. The second-order valence-electron chi connectivity index (χ2n) is 4.34. The van der Waals surface area contributed by atoms with Crippen LogP contribution in [0.5, 0.6) is 0 Å².